The van der Waals surface area contributed by atoms with Gasteiger partial charge in [-0.2, -0.15) is 0 Å². The molecule has 4 amide bonds. The third-order valence-electron chi connectivity index (χ3n) is 8.29. The molecule has 3 N–H and O–H groups in total. The Morgan fingerprint density at radius 1 is 1.02 bits per heavy atom. The van der Waals surface area contributed by atoms with Crippen LogP contribution in [0.4, 0.5) is 4.79 Å². The molecule has 282 valence electrons. The highest BCUT2D eigenvalue weighted by molar-refractivity contribution is 7.89. The van der Waals surface area contributed by atoms with E-state index >= 15 is 0 Å². The Morgan fingerprint density at radius 3 is 2.31 bits per heavy atom. The molecule has 4 rings (SSSR count). The lowest BCUT2D eigenvalue weighted by Crippen LogP contribution is -2.57. The van der Waals surface area contributed by atoms with Crippen LogP contribution >= 0.6 is 0 Å². The largest absolute Gasteiger partial charge is 0.497 e. The zero-order chi connectivity index (χ0) is 38.4. The van der Waals surface area contributed by atoms with E-state index in [1.165, 1.54) is 4.90 Å². The van der Waals surface area contributed by atoms with Gasteiger partial charge in [-0.25, -0.2) is 18.2 Å². The first kappa shape index (κ1) is 39.9. The molecule has 1 aromatic heterocycles. The lowest BCUT2D eigenvalue weighted by atomic mass is 10.0. The molecule has 2 heterocycles. The van der Waals surface area contributed by atoms with Gasteiger partial charge in [0.05, 0.1) is 31.1 Å². The standard InChI is InChI=1S/C37H49N5O9S/c1-9-13-27(33(43)41-52(8,47)48)39-34(44)30-19-25(21-42(30)35(45)32(22(2)3)40-36(46)51-37(4,5)6)50-31-20-28(23-14-11-10-12-15-23)38-29-18-24(49-7)16-17-26(29)31/h10-12,14-18,20,22,25,27,30,32H,9,13,19,21H2,1-8H3,(H,39,44)(H,40,46)(H,41,43)/t25?,27-,30?,32-/m0/s1. The van der Waals surface area contributed by atoms with Crippen LogP contribution in [-0.2, 0) is 29.1 Å². The minimum absolute atomic E-state index is 0.0298. The topological polar surface area (TPSA) is 182 Å². The summed E-state index contributed by atoms with van der Waals surface area (Å²) in [5.41, 5.74) is 1.27. The Kier molecular flexibility index (Phi) is 12.7. The molecule has 2 aromatic carbocycles. The number of amides is 4. The molecule has 1 saturated heterocycles. The van der Waals surface area contributed by atoms with Gasteiger partial charge >= 0.3 is 6.09 Å². The molecule has 1 aliphatic heterocycles. The zero-order valence-electron chi connectivity index (χ0n) is 30.9. The number of methoxy groups -OCH3 is 1. The summed E-state index contributed by atoms with van der Waals surface area (Å²) in [5, 5.41) is 6.01. The normalized spacial score (nSPS) is 17.3. The summed E-state index contributed by atoms with van der Waals surface area (Å²) < 4.78 is 43.1. The number of ether oxygens (including phenoxy) is 3. The van der Waals surface area contributed by atoms with E-state index in [2.05, 4.69) is 10.6 Å². The Bertz CT molecular complexity index is 1880. The van der Waals surface area contributed by atoms with Crippen LogP contribution in [-0.4, -0.2) is 91.9 Å². The number of carbonyl (C=O) groups is 4. The van der Waals surface area contributed by atoms with Gasteiger partial charge < -0.3 is 29.7 Å². The quantitative estimate of drug-likeness (QED) is 0.230. The van der Waals surface area contributed by atoms with Gasteiger partial charge in [-0.05, 0) is 45.2 Å². The molecule has 52 heavy (non-hydrogen) atoms. The number of aromatic nitrogens is 1. The SMILES string of the molecule is CCC[C@H](NC(=O)C1CC(Oc2cc(-c3ccccc3)nc3cc(OC)ccc23)CN1C(=O)[C@@H](NC(=O)OC(C)(C)C)C(C)C)C(=O)NS(C)(=O)=O. The number of pyridine rings is 1. The molecule has 3 aromatic rings. The van der Waals surface area contributed by atoms with E-state index in [-0.39, 0.29) is 19.4 Å². The van der Waals surface area contributed by atoms with Crippen molar-refractivity contribution >= 4 is 44.7 Å². The number of rotatable bonds is 13. The Labute approximate surface area is 305 Å². The van der Waals surface area contributed by atoms with Gasteiger partial charge in [0, 0.05) is 29.5 Å². The number of hydrogen-bond acceptors (Lipinski definition) is 10. The highest BCUT2D eigenvalue weighted by Gasteiger charge is 2.45. The maximum Gasteiger partial charge on any atom is 0.408 e. The fourth-order valence-electron chi connectivity index (χ4n) is 5.92. The van der Waals surface area contributed by atoms with Gasteiger partial charge in [-0.3, -0.25) is 19.1 Å². The van der Waals surface area contributed by atoms with Crippen LogP contribution in [0.5, 0.6) is 11.5 Å². The van der Waals surface area contributed by atoms with E-state index in [0.29, 0.717) is 34.5 Å². The van der Waals surface area contributed by atoms with Crippen molar-refractivity contribution in [2.75, 3.05) is 19.9 Å². The maximum absolute atomic E-state index is 14.3. The summed E-state index contributed by atoms with van der Waals surface area (Å²) in [5.74, 6) is -1.44. The molecule has 0 saturated carbocycles. The van der Waals surface area contributed by atoms with Gasteiger partial charge in [0.25, 0.3) is 5.91 Å². The average Bonchev–Trinajstić information content (AvgIpc) is 3.49. The van der Waals surface area contributed by atoms with Gasteiger partial charge in [0.2, 0.25) is 21.8 Å². The van der Waals surface area contributed by atoms with E-state index in [1.54, 1.807) is 66.9 Å². The number of sulfonamides is 1. The van der Waals surface area contributed by atoms with E-state index < -0.39 is 69.6 Å². The average molecular weight is 740 g/mol. The van der Waals surface area contributed by atoms with Gasteiger partial charge in [-0.1, -0.05) is 57.5 Å². The van der Waals surface area contributed by atoms with Crippen molar-refractivity contribution in [1.29, 1.82) is 0 Å². The molecule has 4 atom stereocenters. The lowest BCUT2D eigenvalue weighted by molar-refractivity contribution is -0.141. The second kappa shape index (κ2) is 16.6. The Balaban J connectivity index is 1.71. The predicted octanol–water partition coefficient (Wildman–Crippen LogP) is 4.17. The number of alkyl carbamates (subject to hydrolysis) is 1. The third-order valence-corrected chi connectivity index (χ3v) is 8.86. The number of benzene rings is 2. The first-order chi connectivity index (χ1) is 24.4. The number of nitrogens with one attached hydrogen (secondary N) is 3. The second-order valence-electron chi connectivity index (χ2n) is 14.2. The summed E-state index contributed by atoms with van der Waals surface area (Å²) >= 11 is 0. The Hall–Kier alpha value is -4.92. The van der Waals surface area contributed by atoms with Crippen molar-refractivity contribution in [3.63, 3.8) is 0 Å². The van der Waals surface area contributed by atoms with Crippen LogP contribution in [0.2, 0.25) is 0 Å². The summed E-state index contributed by atoms with van der Waals surface area (Å²) in [4.78, 5) is 60.2. The summed E-state index contributed by atoms with van der Waals surface area (Å²) in [6.45, 7) is 10.4. The van der Waals surface area contributed by atoms with E-state index in [1.807, 2.05) is 41.1 Å². The molecule has 1 fully saturated rings. The van der Waals surface area contributed by atoms with Crippen LogP contribution in [0.3, 0.4) is 0 Å². The van der Waals surface area contributed by atoms with Crippen molar-refractivity contribution in [3.8, 4) is 22.8 Å². The molecule has 15 heteroatoms. The summed E-state index contributed by atoms with van der Waals surface area (Å²) in [7, 11) is -2.34. The number of carbonyl (C=O) groups excluding carboxylic acids is 4. The molecule has 2 unspecified atom stereocenters. The number of likely N-dealkylation sites (tertiary alicyclic amines) is 1. The van der Waals surface area contributed by atoms with Crippen LogP contribution in [0.15, 0.2) is 54.6 Å². The van der Waals surface area contributed by atoms with Crippen molar-refractivity contribution in [2.45, 2.75) is 90.6 Å². The minimum atomic E-state index is -3.90. The fourth-order valence-corrected chi connectivity index (χ4v) is 6.43. The molecule has 0 radical (unpaired) electrons. The molecule has 14 nitrogen and oxygen atoms in total. The van der Waals surface area contributed by atoms with E-state index in [9.17, 15) is 27.6 Å². The smallest absolute Gasteiger partial charge is 0.408 e. The van der Waals surface area contributed by atoms with Gasteiger partial charge in [0.15, 0.2) is 0 Å². The van der Waals surface area contributed by atoms with Crippen LogP contribution in [0.1, 0.15) is 60.8 Å². The summed E-state index contributed by atoms with van der Waals surface area (Å²) in [6, 6.07) is 13.4. The van der Waals surface area contributed by atoms with E-state index in [0.717, 1.165) is 11.8 Å². The monoisotopic (exact) mass is 739 g/mol. The summed E-state index contributed by atoms with van der Waals surface area (Å²) in [6.07, 6.45) is -0.0138. The lowest BCUT2D eigenvalue weighted by Gasteiger charge is -2.31. The third kappa shape index (κ3) is 10.6. The molecule has 1 aliphatic rings. The van der Waals surface area contributed by atoms with Crippen LogP contribution in [0.25, 0.3) is 22.2 Å². The Morgan fingerprint density at radius 2 is 1.71 bits per heavy atom. The first-order valence-corrected chi connectivity index (χ1v) is 19.1. The van der Waals surface area contributed by atoms with Crippen LogP contribution in [0, 0.1) is 5.92 Å². The van der Waals surface area contributed by atoms with Gasteiger partial charge in [-0.15, -0.1) is 0 Å². The van der Waals surface area contributed by atoms with E-state index in [4.69, 9.17) is 19.2 Å². The highest BCUT2D eigenvalue weighted by Crippen LogP contribution is 2.35. The fraction of sp³-hybridized carbons (Fsp3) is 0.486. The number of fused-ring (bicyclic) bond motifs is 1. The molecule has 0 bridgehead atoms. The molecule has 0 spiro atoms. The molecular weight excluding hydrogens is 691 g/mol. The highest BCUT2D eigenvalue weighted by atomic mass is 32.2. The van der Waals surface area contributed by atoms with Crippen molar-refractivity contribution in [2.24, 2.45) is 5.92 Å². The predicted molar refractivity (Wildman–Crippen MR) is 196 cm³/mol. The minimum Gasteiger partial charge on any atom is -0.497 e. The zero-order valence-corrected chi connectivity index (χ0v) is 31.7. The first-order valence-electron chi connectivity index (χ1n) is 17.2. The van der Waals surface area contributed by atoms with Crippen molar-refractivity contribution < 1.29 is 41.8 Å². The number of nitrogens with zero attached hydrogens (tertiary/aromatic N) is 2. The maximum atomic E-state index is 14.3. The number of hydrogen-bond donors (Lipinski definition) is 3. The molecule has 0 aliphatic carbocycles. The second-order valence-corrected chi connectivity index (χ2v) is 15.9. The molecular formula is C37H49N5O9S. The van der Waals surface area contributed by atoms with Crippen molar-refractivity contribution in [1.82, 2.24) is 25.2 Å². The van der Waals surface area contributed by atoms with Crippen molar-refractivity contribution in [3.05, 3.63) is 54.6 Å². The van der Waals surface area contributed by atoms with Gasteiger partial charge in [0.1, 0.15) is 41.3 Å². The van der Waals surface area contributed by atoms with Crippen LogP contribution < -0.4 is 24.8 Å².